The number of nitrogens with zero attached hydrogens (tertiary/aromatic N) is 4. The van der Waals surface area contributed by atoms with Crippen LogP contribution in [0.5, 0.6) is 0 Å². The first-order valence-electron chi connectivity index (χ1n) is 12.2. The summed E-state index contributed by atoms with van der Waals surface area (Å²) < 4.78 is 39.2. The van der Waals surface area contributed by atoms with Gasteiger partial charge in [0, 0.05) is 36.8 Å². The molecule has 2 saturated heterocycles. The number of rotatable bonds is 4. The zero-order chi connectivity index (χ0) is 28.1. The van der Waals surface area contributed by atoms with E-state index in [0.717, 1.165) is 27.9 Å². The summed E-state index contributed by atoms with van der Waals surface area (Å²) in [5.41, 5.74) is -0.632. The molecule has 0 unspecified atom stereocenters. The zero-order valence-corrected chi connectivity index (χ0v) is 21.1. The van der Waals surface area contributed by atoms with Crippen molar-refractivity contribution in [2.45, 2.75) is 31.5 Å². The van der Waals surface area contributed by atoms with Crippen LogP contribution in [0.4, 0.5) is 23.7 Å². The van der Waals surface area contributed by atoms with Crippen molar-refractivity contribution in [1.82, 2.24) is 25.3 Å². The molecule has 3 aromatic rings. The smallest absolute Gasteiger partial charge is 0.343 e. The van der Waals surface area contributed by atoms with Gasteiger partial charge in [0.05, 0.1) is 23.8 Å². The highest BCUT2D eigenvalue weighted by Crippen LogP contribution is 2.41. The molecule has 10 nitrogen and oxygen atoms in total. The van der Waals surface area contributed by atoms with Crippen LogP contribution in [0, 0.1) is 6.92 Å². The van der Waals surface area contributed by atoms with E-state index in [-0.39, 0.29) is 37.4 Å². The molecule has 204 valence electrons. The fourth-order valence-electron chi connectivity index (χ4n) is 5.22. The maximum atomic E-state index is 13.3. The number of aryl methyl sites for hydroxylation is 1. The highest BCUT2D eigenvalue weighted by molar-refractivity contribution is 6.17. The van der Waals surface area contributed by atoms with Gasteiger partial charge in [-0.1, -0.05) is 6.07 Å². The fraction of sp³-hybridized carbons (Fsp3) is 0.346. The first-order valence-corrected chi connectivity index (χ1v) is 12.2. The lowest BCUT2D eigenvalue weighted by Gasteiger charge is -2.42. The van der Waals surface area contributed by atoms with Crippen LogP contribution in [0.25, 0.3) is 10.9 Å². The van der Waals surface area contributed by atoms with E-state index in [9.17, 15) is 32.3 Å². The molecule has 13 heteroatoms. The van der Waals surface area contributed by atoms with E-state index in [2.05, 4.69) is 15.5 Å². The van der Waals surface area contributed by atoms with Crippen LogP contribution >= 0.6 is 0 Å². The third kappa shape index (κ3) is 4.47. The van der Waals surface area contributed by atoms with Gasteiger partial charge in [-0.2, -0.15) is 18.3 Å². The molecule has 2 aromatic carbocycles. The van der Waals surface area contributed by atoms with Crippen LogP contribution in [0.3, 0.4) is 0 Å². The molecule has 0 aliphatic carbocycles. The number of H-pyrrole nitrogens is 1. The van der Waals surface area contributed by atoms with Gasteiger partial charge in [-0.15, -0.1) is 0 Å². The molecule has 39 heavy (non-hydrogen) atoms. The number of hydrogen-bond donors (Lipinski definition) is 2. The van der Waals surface area contributed by atoms with Crippen LogP contribution in [-0.2, 0) is 15.8 Å². The summed E-state index contributed by atoms with van der Waals surface area (Å²) in [5.74, 6) is -1.60. The van der Waals surface area contributed by atoms with Crippen LogP contribution < -0.4 is 10.2 Å². The van der Waals surface area contributed by atoms with E-state index < -0.39 is 41.7 Å². The van der Waals surface area contributed by atoms with Crippen molar-refractivity contribution in [2.24, 2.45) is 0 Å². The lowest BCUT2D eigenvalue weighted by Crippen LogP contribution is -2.58. The summed E-state index contributed by atoms with van der Waals surface area (Å²) in [5, 5.41) is 10.0. The van der Waals surface area contributed by atoms with Crippen molar-refractivity contribution in [3.63, 3.8) is 0 Å². The van der Waals surface area contributed by atoms with Crippen LogP contribution in [0.1, 0.15) is 34.3 Å². The molecule has 0 radical (unpaired) electrons. The number of likely N-dealkylation sites (tertiary alicyclic amines) is 1. The molecular formula is C26H25F3N6O4. The van der Waals surface area contributed by atoms with Gasteiger partial charge in [-0.25, -0.2) is 4.79 Å². The maximum absolute atomic E-state index is 13.3. The molecule has 3 heterocycles. The van der Waals surface area contributed by atoms with E-state index in [4.69, 9.17) is 0 Å². The Bertz CT molecular complexity index is 1490. The van der Waals surface area contributed by atoms with Gasteiger partial charge in [0.25, 0.3) is 11.8 Å². The average Bonchev–Trinajstić information content (AvgIpc) is 3.44. The van der Waals surface area contributed by atoms with Crippen molar-refractivity contribution >= 4 is 40.3 Å². The molecule has 1 aromatic heterocycles. The van der Waals surface area contributed by atoms with Gasteiger partial charge in [-0.3, -0.25) is 29.3 Å². The lowest BCUT2D eigenvalue weighted by atomic mass is 9.85. The first-order chi connectivity index (χ1) is 18.4. The number of aromatic nitrogens is 2. The molecular weight excluding hydrogens is 517 g/mol. The number of fused-ring (bicyclic) bond motifs is 1. The molecule has 2 N–H and O–H groups in total. The maximum Gasteiger partial charge on any atom is 0.416 e. The third-order valence-corrected chi connectivity index (χ3v) is 7.44. The summed E-state index contributed by atoms with van der Waals surface area (Å²) in [7, 11) is 1.42. The van der Waals surface area contributed by atoms with Crippen LogP contribution in [-0.4, -0.2) is 76.0 Å². The van der Waals surface area contributed by atoms with Crippen molar-refractivity contribution in [2.75, 3.05) is 31.6 Å². The normalized spacial score (nSPS) is 17.4. The minimum atomic E-state index is -4.60. The second-order valence-electron chi connectivity index (χ2n) is 9.75. The molecule has 2 fully saturated rings. The Kier molecular flexibility index (Phi) is 6.31. The molecule has 0 atom stereocenters. The number of alkyl halides is 3. The van der Waals surface area contributed by atoms with Gasteiger partial charge in [0.2, 0.25) is 5.91 Å². The molecule has 1 spiro atoms. The van der Waals surface area contributed by atoms with E-state index in [1.54, 1.807) is 24.4 Å². The Labute approximate surface area is 220 Å². The Balaban J connectivity index is 1.27. The van der Waals surface area contributed by atoms with Gasteiger partial charge in [-0.05, 0) is 55.7 Å². The number of halogens is 3. The highest BCUT2D eigenvalue weighted by atomic mass is 19.4. The highest BCUT2D eigenvalue weighted by Gasteiger charge is 2.57. The van der Waals surface area contributed by atoms with Gasteiger partial charge in [0.1, 0.15) is 5.54 Å². The second kappa shape index (κ2) is 9.40. The number of likely N-dealkylation sites (N-methyl/N-ethyl adjacent to an activating group) is 1. The quantitative estimate of drug-likeness (QED) is 0.492. The molecule has 2 aliphatic heterocycles. The molecule has 0 saturated carbocycles. The number of benzene rings is 2. The minimum Gasteiger partial charge on any atom is -0.343 e. The number of amides is 5. The SMILES string of the molecule is Cc1ccc(C(F)(F)F)cc1C(=O)NCC(=O)N1CCC2(CC1)C(=O)N(C)C(=O)N2c1ccc2[nH]ncc2c1. The van der Waals surface area contributed by atoms with Crippen LogP contribution in [0.15, 0.2) is 42.6 Å². The summed E-state index contributed by atoms with van der Waals surface area (Å²) >= 11 is 0. The van der Waals surface area contributed by atoms with E-state index in [1.807, 2.05) is 0 Å². The minimum absolute atomic E-state index is 0.147. The Morgan fingerprint density at radius 3 is 2.51 bits per heavy atom. The van der Waals surface area contributed by atoms with Gasteiger partial charge in [0.15, 0.2) is 0 Å². The van der Waals surface area contributed by atoms with Gasteiger partial charge < -0.3 is 10.2 Å². The monoisotopic (exact) mass is 542 g/mol. The number of imide groups is 1. The van der Waals surface area contributed by atoms with Crippen LogP contribution in [0.2, 0.25) is 0 Å². The predicted molar refractivity (Wildman–Crippen MR) is 134 cm³/mol. The van der Waals surface area contributed by atoms with Gasteiger partial charge >= 0.3 is 12.2 Å². The molecule has 5 rings (SSSR count). The van der Waals surface area contributed by atoms with E-state index in [0.29, 0.717) is 11.3 Å². The molecule has 5 amide bonds. The number of aromatic amines is 1. The van der Waals surface area contributed by atoms with Crippen molar-refractivity contribution in [3.8, 4) is 0 Å². The summed E-state index contributed by atoms with van der Waals surface area (Å²) in [4.78, 5) is 55.9. The number of hydrogen-bond acceptors (Lipinski definition) is 5. The Hall–Kier alpha value is -4.42. The number of carbonyl (C=O) groups is 4. The lowest BCUT2D eigenvalue weighted by molar-refractivity contribution is -0.137. The zero-order valence-electron chi connectivity index (χ0n) is 21.1. The largest absolute Gasteiger partial charge is 0.416 e. The number of piperidine rings is 1. The predicted octanol–water partition coefficient (Wildman–Crippen LogP) is 3.08. The topological polar surface area (TPSA) is 119 Å². The summed E-state index contributed by atoms with van der Waals surface area (Å²) in [6, 6.07) is 7.67. The standard InChI is InChI=1S/C26H25F3N6O4/c1-15-3-4-17(26(27,28)29)12-19(15)22(37)30-14-21(36)34-9-7-25(8-10-34)23(38)33(2)24(39)35(25)18-5-6-20-16(11-18)13-31-32-20/h3-6,11-13H,7-10,14H2,1-2H3,(H,30,37)(H,31,32). The third-order valence-electron chi connectivity index (χ3n) is 7.44. The average molecular weight is 543 g/mol. The molecule has 2 aliphatic rings. The Morgan fingerprint density at radius 1 is 1.10 bits per heavy atom. The number of anilines is 1. The fourth-order valence-corrected chi connectivity index (χ4v) is 5.22. The van der Waals surface area contributed by atoms with E-state index in [1.165, 1.54) is 29.8 Å². The number of carbonyl (C=O) groups excluding carboxylic acids is 4. The summed E-state index contributed by atoms with van der Waals surface area (Å²) in [6.07, 6.45) is -2.63. The number of nitrogens with one attached hydrogen (secondary N) is 2. The Morgan fingerprint density at radius 2 is 1.82 bits per heavy atom. The number of urea groups is 1. The first kappa shape index (κ1) is 26.2. The van der Waals surface area contributed by atoms with Crippen molar-refractivity contribution in [1.29, 1.82) is 0 Å². The molecule has 0 bridgehead atoms. The van der Waals surface area contributed by atoms with Crippen molar-refractivity contribution < 1.29 is 32.3 Å². The van der Waals surface area contributed by atoms with Crippen molar-refractivity contribution in [3.05, 3.63) is 59.3 Å². The summed E-state index contributed by atoms with van der Waals surface area (Å²) in [6.45, 7) is 1.38. The van der Waals surface area contributed by atoms with E-state index >= 15 is 0 Å². The second-order valence-corrected chi connectivity index (χ2v) is 9.75.